The van der Waals surface area contributed by atoms with Crippen molar-refractivity contribution in [2.24, 2.45) is 0 Å². The normalized spacial score (nSPS) is 13.7. The minimum Gasteiger partial charge on any atom is -0.435 e. The quantitative estimate of drug-likeness (QED) is 0.604. The number of hydrogen-bond donors (Lipinski definition) is 2. The average molecular weight is 441 g/mol. The summed E-state index contributed by atoms with van der Waals surface area (Å²) >= 11 is 0. The fourth-order valence-corrected chi connectivity index (χ4v) is 3.24. The van der Waals surface area contributed by atoms with Crippen molar-refractivity contribution in [1.82, 2.24) is 20.1 Å². The summed E-state index contributed by atoms with van der Waals surface area (Å²) in [6.45, 7) is -0.775. The van der Waals surface area contributed by atoms with E-state index in [2.05, 4.69) is 30.6 Å². The van der Waals surface area contributed by atoms with Crippen LogP contribution in [0.1, 0.15) is 0 Å². The largest absolute Gasteiger partial charge is 0.435 e. The Bertz CT molecular complexity index is 1030. The highest BCUT2D eigenvalue weighted by Gasteiger charge is 2.22. The van der Waals surface area contributed by atoms with Gasteiger partial charge in [0.25, 0.3) is 0 Å². The van der Waals surface area contributed by atoms with Crippen LogP contribution in [0.4, 0.5) is 36.6 Å². The number of carbonyl (C=O) groups excluding carboxylic acids is 1. The summed E-state index contributed by atoms with van der Waals surface area (Å²) in [5.41, 5.74) is 1.21. The molecule has 0 aliphatic carbocycles. The van der Waals surface area contributed by atoms with E-state index in [-0.39, 0.29) is 11.8 Å². The van der Waals surface area contributed by atoms with Crippen LogP contribution in [0, 0.1) is 0 Å². The van der Waals surface area contributed by atoms with Crippen molar-refractivity contribution in [2.45, 2.75) is 6.61 Å². The summed E-state index contributed by atoms with van der Waals surface area (Å²) in [6, 6.07) is 13.0. The Hall–Kier alpha value is -4.02. The topological polar surface area (TPSA) is 95.5 Å². The summed E-state index contributed by atoms with van der Waals surface area (Å²) in [5, 5.41) is 14.3. The van der Waals surface area contributed by atoms with Crippen molar-refractivity contribution >= 4 is 29.0 Å². The molecule has 32 heavy (non-hydrogen) atoms. The van der Waals surface area contributed by atoms with E-state index < -0.39 is 6.61 Å². The van der Waals surface area contributed by atoms with Gasteiger partial charge in [-0.05, 0) is 36.4 Å². The number of rotatable bonds is 6. The molecule has 3 aromatic rings. The van der Waals surface area contributed by atoms with Gasteiger partial charge in [-0.15, -0.1) is 10.2 Å². The number of nitrogens with one attached hydrogen (secondary N) is 2. The Morgan fingerprint density at radius 1 is 1.00 bits per heavy atom. The first-order valence-electron chi connectivity index (χ1n) is 9.93. The van der Waals surface area contributed by atoms with Crippen LogP contribution in [0.25, 0.3) is 0 Å². The van der Waals surface area contributed by atoms with Crippen LogP contribution >= 0.6 is 0 Å². The third-order valence-corrected chi connectivity index (χ3v) is 4.79. The smallest absolute Gasteiger partial charge is 0.387 e. The summed E-state index contributed by atoms with van der Waals surface area (Å²) in [4.78, 5) is 20.3. The molecule has 1 fully saturated rings. The van der Waals surface area contributed by atoms with Crippen LogP contribution < -0.4 is 20.3 Å². The minimum absolute atomic E-state index is 0.0114. The molecule has 2 N–H and O–H groups in total. The predicted molar refractivity (Wildman–Crippen MR) is 115 cm³/mol. The zero-order valence-electron chi connectivity index (χ0n) is 17.0. The summed E-state index contributed by atoms with van der Waals surface area (Å²) < 4.78 is 29.1. The number of pyridine rings is 1. The molecule has 0 unspecified atom stereocenters. The number of ether oxygens (including phenoxy) is 1. The average Bonchev–Trinajstić information content (AvgIpc) is 2.80. The van der Waals surface area contributed by atoms with Gasteiger partial charge in [-0.2, -0.15) is 8.78 Å². The number of halogens is 2. The van der Waals surface area contributed by atoms with E-state index >= 15 is 0 Å². The van der Waals surface area contributed by atoms with E-state index in [0.29, 0.717) is 37.7 Å². The van der Waals surface area contributed by atoms with Crippen molar-refractivity contribution < 1.29 is 18.3 Å². The van der Waals surface area contributed by atoms with Crippen LogP contribution in [-0.2, 0) is 0 Å². The second kappa shape index (κ2) is 9.86. The molecule has 3 heterocycles. The minimum atomic E-state index is -2.92. The maximum absolute atomic E-state index is 12.5. The fourth-order valence-electron chi connectivity index (χ4n) is 3.24. The van der Waals surface area contributed by atoms with Crippen LogP contribution in [0.2, 0.25) is 0 Å². The summed E-state index contributed by atoms with van der Waals surface area (Å²) in [5.74, 6) is 1.32. The van der Waals surface area contributed by atoms with Gasteiger partial charge in [-0.1, -0.05) is 6.07 Å². The highest BCUT2D eigenvalue weighted by Crippen LogP contribution is 2.21. The molecule has 2 aromatic heterocycles. The van der Waals surface area contributed by atoms with Crippen LogP contribution in [0.15, 0.2) is 60.9 Å². The molecule has 1 aliphatic heterocycles. The molecule has 9 nitrogen and oxygen atoms in total. The number of aromatic nitrogens is 3. The molecule has 2 amide bonds. The van der Waals surface area contributed by atoms with Crippen molar-refractivity contribution in [3.05, 3.63) is 60.9 Å². The van der Waals surface area contributed by atoms with Crippen LogP contribution in [0.3, 0.4) is 0 Å². The summed E-state index contributed by atoms with van der Waals surface area (Å²) in [7, 11) is 0. The van der Waals surface area contributed by atoms with Crippen molar-refractivity contribution in [3.8, 4) is 5.75 Å². The van der Waals surface area contributed by atoms with Crippen LogP contribution in [0.5, 0.6) is 5.75 Å². The van der Waals surface area contributed by atoms with E-state index in [9.17, 15) is 13.6 Å². The molecule has 0 saturated carbocycles. The highest BCUT2D eigenvalue weighted by atomic mass is 19.3. The fraction of sp³-hybridized carbons (Fsp3) is 0.238. The number of benzene rings is 1. The van der Waals surface area contributed by atoms with Crippen LogP contribution in [-0.4, -0.2) is 58.9 Å². The molecule has 1 aromatic carbocycles. The number of alkyl halides is 2. The Labute approximate surface area is 183 Å². The Morgan fingerprint density at radius 3 is 2.50 bits per heavy atom. The van der Waals surface area contributed by atoms with Gasteiger partial charge >= 0.3 is 12.6 Å². The second-order valence-corrected chi connectivity index (χ2v) is 6.95. The molecular weight excluding hydrogens is 420 g/mol. The van der Waals surface area contributed by atoms with Gasteiger partial charge in [-0.3, -0.25) is 4.98 Å². The number of piperazine rings is 1. The molecule has 0 bridgehead atoms. The maximum Gasteiger partial charge on any atom is 0.387 e. The maximum atomic E-state index is 12.5. The molecule has 0 atom stereocenters. The predicted octanol–water partition coefficient (Wildman–Crippen LogP) is 3.57. The lowest BCUT2D eigenvalue weighted by Crippen LogP contribution is -2.50. The molecule has 166 valence electrons. The lowest BCUT2D eigenvalue weighted by molar-refractivity contribution is -0.0498. The zero-order chi connectivity index (χ0) is 22.3. The molecule has 0 spiro atoms. The Kier molecular flexibility index (Phi) is 6.54. The first-order chi connectivity index (χ1) is 15.6. The van der Waals surface area contributed by atoms with Gasteiger partial charge in [0, 0.05) is 44.1 Å². The third-order valence-electron chi connectivity index (χ3n) is 4.79. The van der Waals surface area contributed by atoms with Gasteiger partial charge < -0.3 is 25.2 Å². The molecule has 1 saturated heterocycles. The highest BCUT2D eigenvalue weighted by molar-refractivity contribution is 5.89. The molecule has 1 aliphatic rings. The molecule has 4 rings (SSSR count). The van der Waals surface area contributed by atoms with Crippen molar-refractivity contribution in [3.63, 3.8) is 0 Å². The number of hydrogen-bond acceptors (Lipinski definition) is 7. The van der Waals surface area contributed by atoms with Crippen molar-refractivity contribution in [1.29, 1.82) is 0 Å². The Balaban J connectivity index is 1.28. The second-order valence-electron chi connectivity index (χ2n) is 6.95. The van der Waals surface area contributed by atoms with E-state index in [4.69, 9.17) is 0 Å². The lowest BCUT2D eigenvalue weighted by atomic mass is 10.3. The number of amides is 2. The van der Waals surface area contributed by atoms with E-state index in [1.165, 1.54) is 18.2 Å². The van der Waals surface area contributed by atoms with Gasteiger partial charge in [-0.25, -0.2) is 4.79 Å². The van der Waals surface area contributed by atoms with Gasteiger partial charge in [0.1, 0.15) is 5.75 Å². The van der Waals surface area contributed by atoms with E-state index in [1.54, 1.807) is 23.4 Å². The zero-order valence-corrected chi connectivity index (χ0v) is 17.0. The summed E-state index contributed by atoms with van der Waals surface area (Å²) in [6.07, 6.45) is 3.39. The van der Waals surface area contributed by atoms with Crippen molar-refractivity contribution in [2.75, 3.05) is 41.7 Å². The SMILES string of the molecule is O=C(Nc1cccc(OC(F)F)c1)N1CCN(c2ccc(Nc3cccnc3)nn2)CC1. The molecule has 0 radical (unpaired) electrons. The number of anilines is 4. The third kappa shape index (κ3) is 5.56. The number of urea groups is 1. The molecule has 11 heteroatoms. The van der Waals surface area contributed by atoms with E-state index in [1.807, 2.05) is 29.2 Å². The van der Waals surface area contributed by atoms with Gasteiger partial charge in [0.05, 0.1) is 11.9 Å². The Morgan fingerprint density at radius 2 is 1.81 bits per heavy atom. The number of nitrogens with zero attached hydrogens (tertiary/aromatic N) is 5. The monoisotopic (exact) mass is 441 g/mol. The lowest BCUT2D eigenvalue weighted by Gasteiger charge is -2.35. The van der Waals surface area contributed by atoms with E-state index in [0.717, 1.165) is 11.5 Å². The first kappa shape index (κ1) is 21.2. The van der Waals surface area contributed by atoms with Gasteiger partial charge in [0.15, 0.2) is 11.6 Å². The number of carbonyl (C=O) groups is 1. The first-order valence-corrected chi connectivity index (χ1v) is 9.93. The standard InChI is InChI=1S/C21H21F2N7O2/c22-20(23)32-17-5-1-3-15(13-17)26-21(31)30-11-9-29(10-12-30)19-7-6-18(27-28-19)25-16-4-2-8-24-14-16/h1-8,13-14,20H,9-12H2,(H,25,27)(H,26,31). The van der Waals surface area contributed by atoms with Gasteiger partial charge in [0.2, 0.25) is 0 Å². The molecular formula is C21H21F2N7O2.